The molecule has 2 heterocycles. The number of hydrogen-bond donors (Lipinski definition) is 1. The number of benzene rings is 1. The van der Waals surface area contributed by atoms with Crippen LogP contribution in [0, 0.1) is 6.92 Å². The third-order valence-electron chi connectivity index (χ3n) is 3.72. The molecule has 2 aromatic heterocycles. The molecule has 0 radical (unpaired) electrons. The number of thiophene rings is 1. The molecule has 0 saturated carbocycles. The monoisotopic (exact) mass is 355 g/mol. The Morgan fingerprint density at radius 2 is 2.08 bits per heavy atom. The zero-order chi connectivity index (χ0) is 18.0. The topological polar surface area (TPSA) is 81.2 Å². The molecule has 3 rings (SSSR count). The van der Waals surface area contributed by atoms with Gasteiger partial charge in [0.25, 0.3) is 0 Å². The normalized spacial score (nSPS) is 10.7. The van der Waals surface area contributed by atoms with Gasteiger partial charge >= 0.3 is 5.97 Å². The van der Waals surface area contributed by atoms with Crippen LogP contribution in [0.2, 0.25) is 0 Å². The summed E-state index contributed by atoms with van der Waals surface area (Å²) in [6.45, 7) is 5.47. The fraction of sp³-hybridized carbons (Fsp3) is 0.222. The highest BCUT2D eigenvalue weighted by molar-refractivity contribution is 7.20. The maximum atomic E-state index is 12.1. The van der Waals surface area contributed by atoms with E-state index in [4.69, 9.17) is 4.74 Å². The first-order valence-corrected chi connectivity index (χ1v) is 8.62. The van der Waals surface area contributed by atoms with Gasteiger partial charge in [-0.1, -0.05) is 12.1 Å². The smallest absolute Gasteiger partial charge is 0.348 e. The van der Waals surface area contributed by atoms with E-state index in [2.05, 4.69) is 15.3 Å². The van der Waals surface area contributed by atoms with E-state index in [1.165, 1.54) is 24.6 Å². The van der Waals surface area contributed by atoms with Gasteiger partial charge in [0.05, 0.1) is 12.0 Å². The van der Waals surface area contributed by atoms with Crippen molar-refractivity contribution in [3.05, 3.63) is 46.6 Å². The minimum absolute atomic E-state index is 0.00667. The summed E-state index contributed by atoms with van der Waals surface area (Å²) in [6.07, 6.45) is 1.45. The molecule has 0 unspecified atom stereocenters. The lowest BCUT2D eigenvalue weighted by Crippen LogP contribution is -2.03. The van der Waals surface area contributed by atoms with Crippen molar-refractivity contribution >= 4 is 44.8 Å². The van der Waals surface area contributed by atoms with Crippen molar-refractivity contribution in [2.24, 2.45) is 0 Å². The number of carbonyl (C=O) groups excluding carboxylic acids is 2. The van der Waals surface area contributed by atoms with Gasteiger partial charge in [-0.2, -0.15) is 0 Å². The molecule has 6 nitrogen and oxygen atoms in total. The molecule has 0 amide bonds. The lowest BCUT2D eigenvalue weighted by molar-refractivity contribution is 0.0531. The molecule has 0 atom stereocenters. The summed E-state index contributed by atoms with van der Waals surface area (Å²) < 4.78 is 5.10. The highest BCUT2D eigenvalue weighted by Crippen LogP contribution is 2.34. The molecule has 0 spiro atoms. The van der Waals surface area contributed by atoms with Gasteiger partial charge in [0, 0.05) is 11.3 Å². The molecule has 0 bridgehead atoms. The van der Waals surface area contributed by atoms with E-state index in [1.54, 1.807) is 19.1 Å². The van der Waals surface area contributed by atoms with E-state index in [1.807, 2.05) is 19.1 Å². The van der Waals surface area contributed by atoms with Gasteiger partial charge in [-0.05, 0) is 38.5 Å². The molecular weight excluding hydrogens is 338 g/mol. The van der Waals surface area contributed by atoms with Gasteiger partial charge in [0.2, 0.25) is 0 Å². The van der Waals surface area contributed by atoms with Crippen LogP contribution in [0.5, 0.6) is 0 Å². The van der Waals surface area contributed by atoms with Crippen LogP contribution in [0.15, 0.2) is 30.6 Å². The third-order valence-corrected chi connectivity index (χ3v) is 4.90. The van der Waals surface area contributed by atoms with Crippen LogP contribution in [0.25, 0.3) is 10.2 Å². The lowest BCUT2D eigenvalue weighted by atomic mass is 10.1. The van der Waals surface area contributed by atoms with E-state index in [9.17, 15) is 9.59 Å². The first-order chi connectivity index (χ1) is 12.0. The number of Topliss-reactive ketones (excluding diaryl/α,β-unsaturated/α-hetero) is 1. The van der Waals surface area contributed by atoms with E-state index in [0.29, 0.717) is 27.7 Å². The predicted molar refractivity (Wildman–Crippen MR) is 97.8 cm³/mol. The van der Waals surface area contributed by atoms with Crippen LogP contribution in [0.4, 0.5) is 11.5 Å². The van der Waals surface area contributed by atoms with Crippen LogP contribution in [0.1, 0.15) is 39.4 Å². The Balaban J connectivity index is 2.04. The van der Waals surface area contributed by atoms with E-state index < -0.39 is 0 Å². The Labute approximate surface area is 148 Å². The number of esters is 1. The van der Waals surface area contributed by atoms with E-state index in [0.717, 1.165) is 16.6 Å². The molecule has 25 heavy (non-hydrogen) atoms. The van der Waals surface area contributed by atoms with Crippen LogP contribution < -0.4 is 5.32 Å². The summed E-state index contributed by atoms with van der Waals surface area (Å²) >= 11 is 1.28. The van der Waals surface area contributed by atoms with E-state index >= 15 is 0 Å². The number of ether oxygens (including phenoxy) is 1. The summed E-state index contributed by atoms with van der Waals surface area (Å²) in [7, 11) is 0. The number of rotatable bonds is 5. The predicted octanol–water partition coefficient (Wildman–Crippen LogP) is 4.12. The Morgan fingerprint density at radius 3 is 2.80 bits per heavy atom. The number of anilines is 2. The van der Waals surface area contributed by atoms with Crippen molar-refractivity contribution in [1.82, 2.24) is 9.97 Å². The highest BCUT2D eigenvalue weighted by atomic mass is 32.1. The Bertz CT molecular complexity index is 965. The summed E-state index contributed by atoms with van der Waals surface area (Å²) in [6, 6.07) is 7.19. The van der Waals surface area contributed by atoms with Crippen LogP contribution in [-0.2, 0) is 4.74 Å². The number of nitrogens with zero attached hydrogens (tertiary/aromatic N) is 2. The van der Waals surface area contributed by atoms with Gasteiger partial charge in [-0.3, -0.25) is 4.79 Å². The zero-order valence-corrected chi connectivity index (χ0v) is 14.9. The molecule has 0 aliphatic heterocycles. The quantitative estimate of drug-likeness (QED) is 0.548. The number of carbonyl (C=O) groups is 2. The van der Waals surface area contributed by atoms with Crippen molar-refractivity contribution in [2.75, 3.05) is 11.9 Å². The van der Waals surface area contributed by atoms with Crippen molar-refractivity contribution in [1.29, 1.82) is 0 Å². The average Bonchev–Trinajstić information content (AvgIpc) is 2.93. The average molecular weight is 355 g/mol. The van der Waals surface area contributed by atoms with E-state index in [-0.39, 0.29) is 11.8 Å². The molecule has 1 aromatic carbocycles. The first kappa shape index (κ1) is 17.0. The Morgan fingerprint density at radius 1 is 1.28 bits per heavy atom. The summed E-state index contributed by atoms with van der Waals surface area (Å²) in [5.74, 6) is 0.232. The molecular formula is C18H17N3O3S. The second-order valence-electron chi connectivity index (χ2n) is 5.44. The van der Waals surface area contributed by atoms with Gasteiger partial charge < -0.3 is 10.1 Å². The van der Waals surface area contributed by atoms with Crippen molar-refractivity contribution in [3.63, 3.8) is 0 Å². The molecule has 7 heteroatoms. The zero-order valence-electron chi connectivity index (χ0n) is 14.1. The van der Waals surface area contributed by atoms with Crippen molar-refractivity contribution in [3.8, 4) is 0 Å². The SMILES string of the molecule is CCOC(=O)c1sc2ncnc(Nc3cccc(C(C)=O)c3)c2c1C. The fourth-order valence-corrected chi connectivity index (χ4v) is 3.55. The molecule has 0 aliphatic carbocycles. The van der Waals surface area contributed by atoms with Crippen molar-refractivity contribution in [2.45, 2.75) is 20.8 Å². The van der Waals surface area contributed by atoms with Gasteiger partial charge in [0.15, 0.2) is 5.78 Å². The summed E-state index contributed by atoms with van der Waals surface area (Å²) in [5, 5.41) is 4.00. The minimum Gasteiger partial charge on any atom is -0.462 e. The molecule has 3 aromatic rings. The molecule has 0 saturated heterocycles. The molecule has 1 N–H and O–H groups in total. The van der Waals surface area contributed by atoms with Crippen LogP contribution in [0.3, 0.4) is 0 Å². The number of aryl methyl sites for hydroxylation is 1. The largest absolute Gasteiger partial charge is 0.462 e. The highest BCUT2D eigenvalue weighted by Gasteiger charge is 2.20. The van der Waals surface area contributed by atoms with Gasteiger partial charge in [-0.15, -0.1) is 11.3 Å². The van der Waals surface area contributed by atoms with Crippen LogP contribution in [-0.4, -0.2) is 28.3 Å². The summed E-state index contributed by atoms with van der Waals surface area (Å²) in [4.78, 5) is 33.5. The van der Waals surface area contributed by atoms with Gasteiger partial charge in [0.1, 0.15) is 21.9 Å². The molecule has 0 aliphatic rings. The summed E-state index contributed by atoms with van der Waals surface area (Å²) in [5.41, 5.74) is 2.14. The molecule has 128 valence electrons. The second kappa shape index (κ2) is 6.98. The number of aromatic nitrogens is 2. The Kier molecular flexibility index (Phi) is 4.76. The lowest BCUT2D eigenvalue weighted by Gasteiger charge is -2.08. The van der Waals surface area contributed by atoms with Crippen LogP contribution >= 0.6 is 11.3 Å². The number of hydrogen-bond acceptors (Lipinski definition) is 7. The number of fused-ring (bicyclic) bond motifs is 1. The first-order valence-electron chi connectivity index (χ1n) is 7.80. The molecule has 0 fully saturated rings. The number of nitrogens with one attached hydrogen (secondary N) is 1. The standard InChI is InChI=1S/C18H17N3O3S/c1-4-24-18(23)15-10(2)14-16(19-9-20-17(14)25-15)21-13-7-5-6-12(8-13)11(3)22/h5-9H,4H2,1-3H3,(H,19,20,21). The van der Waals surface area contributed by atoms with Gasteiger partial charge in [-0.25, -0.2) is 14.8 Å². The second-order valence-corrected chi connectivity index (χ2v) is 6.44. The maximum absolute atomic E-state index is 12.1. The Hall–Kier alpha value is -2.80. The van der Waals surface area contributed by atoms with Crippen molar-refractivity contribution < 1.29 is 14.3 Å². The number of ketones is 1. The third kappa shape index (κ3) is 3.36. The minimum atomic E-state index is -0.354. The fourth-order valence-electron chi connectivity index (χ4n) is 2.51. The maximum Gasteiger partial charge on any atom is 0.348 e.